The van der Waals surface area contributed by atoms with Crippen LogP contribution in [0.1, 0.15) is 18.9 Å². The molecule has 0 bridgehead atoms. The summed E-state index contributed by atoms with van der Waals surface area (Å²) in [4.78, 5) is 42.8. The number of urea groups is 1. The van der Waals surface area contributed by atoms with Crippen molar-refractivity contribution in [2.45, 2.75) is 25.9 Å². The molecule has 1 atom stereocenters. The van der Waals surface area contributed by atoms with E-state index in [9.17, 15) is 14.4 Å². The van der Waals surface area contributed by atoms with E-state index in [0.717, 1.165) is 10.5 Å². The van der Waals surface area contributed by atoms with Crippen LogP contribution in [0.3, 0.4) is 0 Å². The molecule has 2 heterocycles. The molecule has 10 nitrogen and oxygen atoms in total. The molecule has 10 heteroatoms. The summed E-state index contributed by atoms with van der Waals surface area (Å²) in [6.45, 7) is 2.58. The van der Waals surface area contributed by atoms with Gasteiger partial charge < -0.3 is 29.2 Å². The zero-order valence-electron chi connectivity index (χ0n) is 21.0. The zero-order chi connectivity index (χ0) is 26.6. The molecule has 4 amide bonds. The SMILES string of the molecule is CCOc1cccc(NC(=O)CC2C(=O)N(c3cccc(OC)c3)C(=O)N2Cc2ccc3c(c2)OCO3)c1. The number of rotatable bonds is 9. The van der Waals surface area contributed by atoms with Gasteiger partial charge in [0.1, 0.15) is 17.5 Å². The fraction of sp³-hybridized carbons (Fsp3) is 0.250. The lowest BCUT2D eigenvalue weighted by molar-refractivity contribution is -0.124. The number of fused-ring (bicyclic) bond motifs is 1. The minimum atomic E-state index is -1.02. The average molecular weight is 518 g/mol. The summed E-state index contributed by atoms with van der Waals surface area (Å²) in [6, 6.07) is 17.4. The number of carbonyl (C=O) groups is 3. The fourth-order valence-corrected chi connectivity index (χ4v) is 4.45. The number of ether oxygens (including phenoxy) is 4. The van der Waals surface area contributed by atoms with Crippen LogP contribution in [0.2, 0.25) is 0 Å². The molecule has 1 fully saturated rings. The molecule has 0 aliphatic carbocycles. The smallest absolute Gasteiger partial charge is 0.332 e. The first-order valence-corrected chi connectivity index (χ1v) is 12.2. The minimum Gasteiger partial charge on any atom is -0.497 e. The highest BCUT2D eigenvalue weighted by Gasteiger charge is 2.46. The Morgan fingerprint density at radius 1 is 1.00 bits per heavy atom. The maximum atomic E-state index is 13.6. The van der Waals surface area contributed by atoms with Crippen LogP contribution in [0.15, 0.2) is 66.7 Å². The lowest BCUT2D eigenvalue weighted by Gasteiger charge is -2.22. The molecule has 0 aromatic heterocycles. The van der Waals surface area contributed by atoms with Crippen LogP contribution in [0.4, 0.5) is 16.2 Å². The van der Waals surface area contributed by atoms with Gasteiger partial charge in [0.25, 0.3) is 5.91 Å². The maximum Gasteiger partial charge on any atom is 0.332 e. The molecule has 0 spiro atoms. The highest BCUT2D eigenvalue weighted by molar-refractivity contribution is 6.22. The Morgan fingerprint density at radius 3 is 2.61 bits per heavy atom. The molecule has 0 saturated carbocycles. The van der Waals surface area contributed by atoms with Crippen molar-refractivity contribution in [3.8, 4) is 23.0 Å². The van der Waals surface area contributed by atoms with Crippen molar-refractivity contribution in [1.82, 2.24) is 4.90 Å². The van der Waals surface area contributed by atoms with E-state index >= 15 is 0 Å². The second-order valence-electron chi connectivity index (χ2n) is 8.70. The van der Waals surface area contributed by atoms with E-state index in [1.165, 1.54) is 12.0 Å². The fourth-order valence-electron chi connectivity index (χ4n) is 4.45. The number of nitrogens with zero attached hydrogens (tertiary/aromatic N) is 2. The Kier molecular flexibility index (Phi) is 7.03. The van der Waals surface area contributed by atoms with E-state index in [1.54, 1.807) is 66.7 Å². The lowest BCUT2D eigenvalue weighted by Crippen LogP contribution is -2.37. The number of anilines is 2. The van der Waals surface area contributed by atoms with Crippen LogP contribution in [0.5, 0.6) is 23.0 Å². The van der Waals surface area contributed by atoms with E-state index in [1.807, 2.05) is 6.92 Å². The normalized spacial score (nSPS) is 16.1. The van der Waals surface area contributed by atoms with Crippen molar-refractivity contribution >= 4 is 29.2 Å². The Morgan fingerprint density at radius 2 is 1.79 bits per heavy atom. The van der Waals surface area contributed by atoms with Crippen LogP contribution in [-0.2, 0) is 16.1 Å². The van der Waals surface area contributed by atoms with Gasteiger partial charge in [-0.25, -0.2) is 9.69 Å². The second-order valence-corrected chi connectivity index (χ2v) is 8.70. The van der Waals surface area contributed by atoms with Gasteiger partial charge in [-0.1, -0.05) is 18.2 Å². The van der Waals surface area contributed by atoms with E-state index in [0.29, 0.717) is 41.0 Å². The van der Waals surface area contributed by atoms with Gasteiger partial charge in [0.15, 0.2) is 11.5 Å². The van der Waals surface area contributed by atoms with E-state index in [2.05, 4.69) is 5.32 Å². The summed E-state index contributed by atoms with van der Waals surface area (Å²) < 4.78 is 21.6. The molecule has 0 radical (unpaired) electrons. The van der Waals surface area contributed by atoms with Crippen molar-refractivity contribution in [3.63, 3.8) is 0 Å². The molecule has 1 N–H and O–H groups in total. The standard InChI is InChI=1S/C28H27N3O7/c1-3-36-22-9-4-6-19(13-22)29-26(32)15-23-27(33)31(20-7-5-8-21(14-20)35-2)28(34)30(23)16-18-10-11-24-25(12-18)38-17-37-24/h4-14,23H,3,15-17H2,1-2H3,(H,29,32). The Bertz CT molecular complexity index is 1380. The van der Waals surface area contributed by atoms with Gasteiger partial charge in [-0.15, -0.1) is 0 Å². The largest absolute Gasteiger partial charge is 0.497 e. The minimum absolute atomic E-state index is 0.0967. The number of carbonyl (C=O) groups excluding carboxylic acids is 3. The summed E-state index contributed by atoms with van der Waals surface area (Å²) in [7, 11) is 1.51. The van der Waals surface area contributed by atoms with Crippen molar-refractivity contribution in [2.75, 3.05) is 30.7 Å². The van der Waals surface area contributed by atoms with Crippen LogP contribution in [0, 0.1) is 0 Å². The molecule has 38 heavy (non-hydrogen) atoms. The molecule has 2 aliphatic rings. The Balaban J connectivity index is 1.41. The summed E-state index contributed by atoms with van der Waals surface area (Å²) >= 11 is 0. The van der Waals surface area contributed by atoms with Crippen molar-refractivity contribution in [2.24, 2.45) is 0 Å². The predicted molar refractivity (Wildman–Crippen MR) is 139 cm³/mol. The molecule has 1 saturated heterocycles. The summed E-state index contributed by atoms with van der Waals surface area (Å²) in [6.07, 6.45) is -0.228. The molecule has 3 aromatic rings. The van der Waals surface area contributed by atoms with E-state index in [4.69, 9.17) is 18.9 Å². The molecule has 3 aromatic carbocycles. The quantitative estimate of drug-likeness (QED) is 0.424. The van der Waals surface area contributed by atoms with Gasteiger partial charge in [0, 0.05) is 24.4 Å². The highest BCUT2D eigenvalue weighted by atomic mass is 16.7. The number of benzene rings is 3. The van der Waals surface area contributed by atoms with Crippen LogP contribution >= 0.6 is 0 Å². The summed E-state index contributed by atoms with van der Waals surface area (Å²) in [5, 5.41) is 2.81. The third-order valence-electron chi connectivity index (χ3n) is 6.23. The second kappa shape index (κ2) is 10.7. The van der Waals surface area contributed by atoms with Gasteiger partial charge in [-0.05, 0) is 48.9 Å². The topological polar surface area (TPSA) is 107 Å². The monoisotopic (exact) mass is 517 g/mol. The highest BCUT2D eigenvalue weighted by Crippen LogP contribution is 2.35. The van der Waals surface area contributed by atoms with E-state index in [-0.39, 0.29) is 19.8 Å². The third-order valence-corrected chi connectivity index (χ3v) is 6.23. The molecule has 1 unspecified atom stereocenters. The number of hydrogen-bond donors (Lipinski definition) is 1. The van der Waals surface area contributed by atoms with E-state index < -0.39 is 23.9 Å². The van der Waals surface area contributed by atoms with Gasteiger partial charge >= 0.3 is 6.03 Å². The lowest BCUT2D eigenvalue weighted by atomic mass is 10.1. The summed E-state index contributed by atoms with van der Waals surface area (Å²) in [5.41, 5.74) is 1.63. The number of methoxy groups -OCH3 is 1. The first kappa shape index (κ1) is 24.9. The van der Waals surface area contributed by atoms with Gasteiger partial charge in [0.2, 0.25) is 12.7 Å². The Labute approximate surface area is 219 Å². The number of hydrogen-bond acceptors (Lipinski definition) is 7. The van der Waals surface area contributed by atoms with Crippen molar-refractivity contribution < 1.29 is 33.3 Å². The van der Waals surface area contributed by atoms with Crippen molar-refractivity contribution in [3.05, 3.63) is 72.3 Å². The summed E-state index contributed by atoms with van der Waals surface area (Å²) in [5.74, 6) is 1.39. The first-order chi connectivity index (χ1) is 18.5. The molecule has 2 aliphatic heterocycles. The molecular weight excluding hydrogens is 490 g/mol. The van der Waals surface area contributed by atoms with Gasteiger partial charge in [0.05, 0.1) is 25.8 Å². The van der Waals surface area contributed by atoms with Crippen LogP contribution in [0.25, 0.3) is 0 Å². The Hall–Kier alpha value is -4.73. The van der Waals surface area contributed by atoms with Crippen LogP contribution < -0.4 is 29.2 Å². The van der Waals surface area contributed by atoms with Gasteiger partial charge in [-0.3, -0.25) is 9.59 Å². The van der Waals surface area contributed by atoms with Crippen LogP contribution in [-0.4, -0.2) is 49.3 Å². The molecular formula is C28H27N3O7. The average Bonchev–Trinajstić information content (AvgIpc) is 3.47. The number of imide groups is 1. The maximum absolute atomic E-state index is 13.6. The molecule has 5 rings (SSSR count). The number of nitrogens with one attached hydrogen (secondary N) is 1. The van der Waals surface area contributed by atoms with Crippen molar-refractivity contribution in [1.29, 1.82) is 0 Å². The zero-order valence-corrected chi connectivity index (χ0v) is 21.0. The predicted octanol–water partition coefficient (Wildman–Crippen LogP) is 4.19. The first-order valence-electron chi connectivity index (χ1n) is 12.2. The molecule has 196 valence electrons. The number of amides is 4. The van der Waals surface area contributed by atoms with Gasteiger partial charge in [-0.2, -0.15) is 0 Å². The third kappa shape index (κ3) is 5.06.